The highest BCUT2D eigenvalue weighted by atomic mass is 35.5. The van der Waals surface area contributed by atoms with E-state index in [4.69, 9.17) is 27.9 Å². The molecule has 2 aromatic heterocycles. The molecule has 0 N–H and O–H groups in total. The van der Waals surface area contributed by atoms with Crippen LogP contribution in [-0.4, -0.2) is 21.6 Å². The molecule has 152 valence electrons. The minimum atomic E-state index is 0.115. The fraction of sp³-hybridized carbons (Fsp3) is 0.0833. The number of nitriles is 1. The predicted octanol–water partition coefficient (Wildman–Crippen LogP) is 6.01. The highest BCUT2D eigenvalue weighted by molar-refractivity contribution is 6.31. The number of ether oxygens (including phenoxy) is 1. The van der Waals surface area contributed by atoms with Gasteiger partial charge in [0.25, 0.3) is 5.88 Å². The van der Waals surface area contributed by atoms with Crippen molar-refractivity contribution in [3.8, 4) is 34.5 Å². The SMILES string of the molecule is N#Cc1nc(-c2ccc(Cl)cc2)c(-c2ccc(Cl)cc2)nc1OCCc1ccccn1. The van der Waals surface area contributed by atoms with Crippen LogP contribution in [0.15, 0.2) is 72.9 Å². The Morgan fingerprint density at radius 2 is 1.42 bits per heavy atom. The van der Waals surface area contributed by atoms with Crippen LogP contribution in [0.25, 0.3) is 22.5 Å². The Balaban J connectivity index is 1.73. The lowest BCUT2D eigenvalue weighted by Gasteiger charge is -2.13. The fourth-order valence-electron chi connectivity index (χ4n) is 3.01. The minimum absolute atomic E-state index is 0.115. The highest BCUT2D eigenvalue weighted by Gasteiger charge is 2.18. The Labute approximate surface area is 189 Å². The molecule has 7 heteroatoms. The Bertz CT molecular complexity index is 1220. The second-order valence-electron chi connectivity index (χ2n) is 6.62. The Hall–Kier alpha value is -3.46. The van der Waals surface area contributed by atoms with Crippen LogP contribution in [0.2, 0.25) is 10.0 Å². The molecule has 4 rings (SSSR count). The second-order valence-corrected chi connectivity index (χ2v) is 7.49. The minimum Gasteiger partial charge on any atom is -0.475 e. The lowest BCUT2D eigenvalue weighted by Crippen LogP contribution is -2.08. The van der Waals surface area contributed by atoms with Gasteiger partial charge < -0.3 is 4.74 Å². The van der Waals surface area contributed by atoms with Crippen molar-refractivity contribution in [2.45, 2.75) is 6.42 Å². The summed E-state index contributed by atoms with van der Waals surface area (Å²) in [6.45, 7) is 0.320. The van der Waals surface area contributed by atoms with Crippen LogP contribution in [-0.2, 0) is 6.42 Å². The third-order valence-corrected chi connectivity index (χ3v) is 5.03. The van der Waals surface area contributed by atoms with E-state index < -0.39 is 0 Å². The van der Waals surface area contributed by atoms with Gasteiger partial charge >= 0.3 is 0 Å². The lowest BCUT2D eigenvalue weighted by molar-refractivity contribution is 0.306. The fourth-order valence-corrected chi connectivity index (χ4v) is 3.26. The molecular formula is C24H16Cl2N4O. The molecule has 31 heavy (non-hydrogen) atoms. The molecule has 5 nitrogen and oxygen atoms in total. The van der Waals surface area contributed by atoms with Gasteiger partial charge in [-0.25, -0.2) is 9.97 Å². The van der Waals surface area contributed by atoms with E-state index in [1.807, 2.05) is 42.5 Å². The van der Waals surface area contributed by atoms with Crippen LogP contribution in [0.1, 0.15) is 11.4 Å². The number of halogens is 2. The third kappa shape index (κ3) is 5.00. The van der Waals surface area contributed by atoms with Crippen molar-refractivity contribution in [1.82, 2.24) is 15.0 Å². The van der Waals surface area contributed by atoms with Gasteiger partial charge in [-0.05, 0) is 36.4 Å². The average molecular weight is 447 g/mol. The van der Waals surface area contributed by atoms with Crippen molar-refractivity contribution in [3.63, 3.8) is 0 Å². The summed E-state index contributed by atoms with van der Waals surface area (Å²) in [4.78, 5) is 13.5. The molecule has 2 aromatic carbocycles. The zero-order valence-corrected chi connectivity index (χ0v) is 17.8. The highest BCUT2D eigenvalue weighted by Crippen LogP contribution is 2.33. The smallest absolute Gasteiger partial charge is 0.251 e. The van der Waals surface area contributed by atoms with Gasteiger partial charge in [-0.15, -0.1) is 0 Å². The summed E-state index contributed by atoms with van der Waals surface area (Å²) >= 11 is 12.1. The summed E-state index contributed by atoms with van der Waals surface area (Å²) in [6, 6.07) is 22.3. The number of benzene rings is 2. The van der Waals surface area contributed by atoms with Crippen molar-refractivity contribution in [1.29, 1.82) is 5.26 Å². The van der Waals surface area contributed by atoms with E-state index in [1.54, 1.807) is 30.5 Å². The van der Waals surface area contributed by atoms with Crippen molar-refractivity contribution in [3.05, 3.63) is 94.4 Å². The van der Waals surface area contributed by atoms with Crippen LogP contribution < -0.4 is 4.74 Å². The molecule has 4 aromatic rings. The second kappa shape index (κ2) is 9.57. The average Bonchev–Trinajstić information content (AvgIpc) is 2.80. The first-order valence-corrected chi connectivity index (χ1v) is 10.3. The monoisotopic (exact) mass is 446 g/mol. The Morgan fingerprint density at radius 1 is 0.806 bits per heavy atom. The number of hydrogen-bond acceptors (Lipinski definition) is 5. The number of hydrogen-bond donors (Lipinski definition) is 0. The summed E-state index contributed by atoms with van der Waals surface area (Å²) in [5.74, 6) is 0.182. The van der Waals surface area contributed by atoms with Crippen LogP contribution in [0.5, 0.6) is 5.88 Å². The van der Waals surface area contributed by atoms with Gasteiger partial charge in [-0.1, -0.05) is 53.5 Å². The summed E-state index contributed by atoms with van der Waals surface area (Å²) in [6.07, 6.45) is 2.32. The zero-order valence-electron chi connectivity index (χ0n) is 16.3. The van der Waals surface area contributed by atoms with E-state index in [1.165, 1.54) is 0 Å². The topological polar surface area (TPSA) is 71.7 Å². The zero-order chi connectivity index (χ0) is 21.6. The summed E-state index contributed by atoms with van der Waals surface area (Å²) in [5, 5.41) is 10.9. The normalized spacial score (nSPS) is 10.5. The van der Waals surface area contributed by atoms with E-state index in [9.17, 15) is 5.26 Å². The molecule has 0 bridgehead atoms. The molecule has 2 heterocycles. The van der Waals surface area contributed by atoms with E-state index in [2.05, 4.69) is 21.0 Å². The molecule has 0 saturated heterocycles. The molecule has 0 atom stereocenters. The summed E-state index contributed by atoms with van der Waals surface area (Å²) in [7, 11) is 0. The van der Waals surface area contributed by atoms with Crippen LogP contribution in [0, 0.1) is 11.3 Å². The third-order valence-electron chi connectivity index (χ3n) is 4.53. The summed E-state index contributed by atoms with van der Waals surface area (Å²) < 4.78 is 5.84. The van der Waals surface area contributed by atoms with E-state index in [0.717, 1.165) is 16.8 Å². The van der Waals surface area contributed by atoms with Gasteiger partial charge in [-0.3, -0.25) is 4.98 Å². The molecule has 0 aliphatic rings. The maximum absolute atomic E-state index is 9.66. The molecule has 0 saturated carbocycles. The number of rotatable bonds is 6. The molecule has 0 fully saturated rings. The molecule has 0 amide bonds. The first-order chi connectivity index (χ1) is 15.1. The first-order valence-electron chi connectivity index (χ1n) is 9.51. The predicted molar refractivity (Wildman–Crippen MR) is 121 cm³/mol. The van der Waals surface area contributed by atoms with Crippen molar-refractivity contribution >= 4 is 23.2 Å². The van der Waals surface area contributed by atoms with Gasteiger partial charge in [0.05, 0.1) is 12.3 Å². The van der Waals surface area contributed by atoms with Gasteiger partial charge in [0.2, 0.25) is 5.69 Å². The largest absolute Gasteiger partial charge is 0.475 e. The lowest BCUT2D eigenvalue weighted by atomic mass is 10.0. The van der Waals surface area contributed by atoms with Crippen LogP contribution >= 0.6 is 23.2 Å². The standard InChI is InChI=1S/C24H16Cl2N4O/c25-18-8-4-16(5-9-18)22-23(17-6-10-19(26)11-7-17)30-24(21(15-27)29-22)31-14-12-20-3-1-2-13-28-20/h1-11,13H,12,14H2. The molecule has 0 unspecified atom stereocenters. The van der Waals surface area contributed by atoms with Crippen molar-refractivity contribution < 1.29 is 4.74 Å². The molecule has 0 aliphatic heterocycles. The maximum atomic E-state index is 9.66. The van der Waals surface area contributed by atoms with Gasteiger partial charge in [-0.2, -0.15) is 5.26 Å². The number of pyridine rings is 1. The molecule has 0 spiro atoms. The molecule has 0 aliphatic carbocycles. The van der Waals surface area contributed by atoms with E-state index >= 15 is 0 Å². The molecule has 0 radical (unpaired) electrons. The first kappa shape index (κ1) is 20.8. The number of nitrogens with zero attached hydrogens (tertiary/aromatic N) is 4. The Morgan fingerprint density at radius 3 is 1.97 bits per heavy atom. The Kier molecular flexibility index (Phi) is 6.42. The quantitative estimate of drug-likeness (QED) is 0.362. The van der Waals surface area contributed by atoms with Gasteiger partial charge in [0.15, 0.2) is 0 Å². The van der Waals surface area contributed by atoms with Gasteiger partial charge in [0, 0.05) is 39.5 Å². The maximum Gasteiger partial charge on any atom is 0.251 e. The van der Waals surface area contributed by atoms with Crippen LogP contribution in [0.3, 0.4) is 0 Å². The number of aromatic nitrogens is 3. The van der Waals surface area contributed by atoms with Crippen molar-refractivity contribution in [2.24, 2.45) is 0 Å². The van der Waals surface area contributed by atoms with E-state index in [0.29, 0.717) is 34.5 Å². The molecular weight excluding hydrogens is 431 g/mol. The van der Waals surface area contributed by atoms with Gasteiger partial charge in [0.1, 0.15) is 11.8 Å². The van der Waals surface area contributed by atoms with Crippen molar-refractivity contribution in [2.75, 3.05) is 6.61 Å². The van der Waals surface area contributed by atoms with E-state index in [-0.39, 0.29) is 11.6 Å². The summed E-state index contributed by atoms with van der Waals surface area (Å²) in [5.41, 5.74) is 3.76. The van der Waals surface area contributed by atoms with Crippen LogP contribution in [0.4, 0.5) is 0 Å².